The summed E-state index contributed by atoms with van der Waals surface area (Å²) in [5.74, 6) is 1.59. The number of nitrogens with one attached hydrogen (secondary N) is 1. The molecule has 2 N–H and O–H groups in total. The summed E-state index contributed by atoms with van der Waals surface area (Å²) in [7, 11) is 1.62. The normalized spacial score (nSPS) is 11.5. The number of benzene rings is 3. The number of thioether (sulfide) groups is 1. The van der Waals surface area contributed by atoms with E-state index < -0.39 is 0 Å². The number of aromatic hydroxyl groups is 1. The van der Waals surface area contributed by atoms with Gasteiger partial charge in [-0.1, -0.05) is 56.8 Å². The van der Waals surface area contributed by atoms with E-state index in [0.717, 1.165) is 17.0 Å². The lowest BCUT2D eigenvalue weighted by molar-refractivity contribution is -0.118. The number of nitrogens with zero attached hydrogens (tertiary/aromatic N) is 4. The topological polar surface area (TPSA) is 111 Å². The molecular formula is C30H33N5O4S. The van der Waals surface area contributed by atoms with E-state index >= 15 is 0 Å². The second-order valence-electron chi connectivity index (χ2n) is 9.91. The summed E-state index contributed by atoms with van der Waals surface area (Å²) in [4.78, 5) is 12.6. The van der Waals surface area contributed by atoms with Crippen molar-refractivity contribution in [1.82, 2.24) is 20.2 Å². The van der Waals surface area contributed by atoms with E-state index in [1.165, 1.54) is 29.6 Å². The Morgan fingerprint density at radius 3 is 2.45 bits per heavy atom. The predicted octanol–water partition coefficient (Wildman–Crippen LogP) is 5.59. The third-order valence-electron chi connectivity index (χ3n) is 5.99. The Balaban J connectivity index is 1.51. The summed E-state index contributed by atoms with van der Waals surface area (Å²) >= 11 is 1.26. The van der Waals surface area contributed by atoms with Gasteiger partial charge in [-0.2, -0.15) is 5.10 Å². The largest absolute Gasteiger partial charge is 0.504 e. The van der Waals surface area contributed by atoms with Gasteiger partial charge < -0.3 is 14.6 Å². The second kappa shape index (κ2) is 12.7. The molecule has 4 rings (SSSR count). The number of hydrogen-bond acceptors (Lipinski definition) is 8. The van der Waals surface area contributed by atoms with Crippen LogP contribution in [0.25, 0.3) is 17.1 Å². The van der Waals surface area contributed by atoms with Gasteiger partial charge in [-0.15, -0.1) is 10.2 Å². The molecule has 0 saturated carbocycles. The fourth-order valence-corrected chi connectivity index (χ4v) is 4.60. The van der Waals surface area contributed by atoms with Crippen LogP contribution in [0.3, 0.4) is 0 Å². The summed E-state index contributed by atoms with van der Waals surface area (Å²) in [6, 6.07) is 20.7. The van der Waals surface area contributed by atoms with Crippen LogP contribution in [0, 0.1) is 0 Å². The van der Waals surface area contributed by atoms with E-state index in [4.69, 9.17) is 9.47 Å². The van der Waals surface area contributed by atoms with Gasteiger partial charge in [0.1, 0.15) is 5.75 Å². The number of aromatic nitrogens is 3. The van der Waals surface area contributed by atoms with Crippen molar-refractivity contribution < 1.29 is 19.4 Å². The maximum absolute atomic E-state index is 12.6. The fraction of sp³-hybridized carbons (Fsp3) is 0.267. The Morgan fingerprint density at radius 1 is 1.07 bits per heavy atom. The quantitative estimate of drug-likeness (QED) is 0.148. The Hall–Kier alpha value is -4.31. The highest BCUT2D eigenvalue weighted by Gasteiger charge is 2.19. The minimum atomic E-state index is -0.301. The number of carbonyl (C=O) groups excluding carboxylic acids is 1. The summed E-state index contributed by atoms with van der Waals surface area (Å²) in [5.41, 5.74) is 6.23. The molecule has 0 bridgehead atoms. The molecule has 0 aliphatic carbocycles. The van der Waals surface area contributed by atoms with Crippen LogP contribution in [0.15, 0.2) is 77.0 Å². The zero-order valence-corrected chi connectivity index (χ0v) is 24.0. The van der Waals surface area contributed by atoms with Gasteiger partial charge in [0.25, 0.3) is 5.91 Å². The molecule has 0 fully saturated rings. The number of phenols is 1. The molecule has 40 heavy (non-hydrogen) atoms. The molecule has 1 amide bonds. The molecule has 3 aromatic carbocycles. The van der Waals surface area contributed by atoms with Crippen molar-refractivity contribution in [1.29, 1.82) is 0 Å². The van der Waals surface area contributed by atoms with Crippen LogP contribution in [-0.4, -0.2) is 51.5 Å². The van der Waals surface area contributed by atoms with Crippen molar-refractivity contribution >= 4 is 23.9 Å². The Morgan fingerprint density at radius 2 is 1.80 bits per heavy atom. The number of methoxy groups -OCH3 is 1. The zero-order chi connectivity index (χ0) is 28.7. The molecule has 0 saturated heterocycles. The molecule has 0 atom stereocenters. The van der Waals surface area contributed by atoms with Crippen LogP contribution >= 0.6 is 11.8 Å². The first kappa shape index (κ1) is 28.7. The van der Waals surface area contributed by atoms with E-state index in [9.17, 15) is 9.90 Å². The van der Waals surface area contributed by atoms with Crippen LogP contribution in [0.4, 0.5) is 0 Å². The number of hydrogen-bond donors (Lipinski definition) is 2. The summed E-state index contributed by atoms with van der Waals surface area (Å²) in [6.45, 7) is 8.78. The monoisotopic (exact) mass is 559 g/mol. The minimum Gasteiger partial charge on any atom is -0.504 e. The minimum absolute atomic E-state index is 0.0346. The molecule has 0 spiro atoms. The third kappa shape index (κ3) is 7.01. The standard InChI is InChI=1S/C30H33N5O4S/c1-6-39-26-17-20(7-16-25(26)36)18-31-32-27(37)19-40-29-34-33-28(21-8-10-22(11-9-21)30(2,3)4)35(29)23-12-14-24(38-5)15-13-23/h7-18,36H,6,19H2,1-5H3,(H,32,37)/b31-18-. The molecule has 10 heteroatoms. The number of hydrazone groups is 1. The van der Waals surface area contributed by atoms with Gasteiger partial charge >= 0.3 is 0 Å². The van der Waals surface area contributed by atoms with Gasteiger partial charge in [-0.05, 0) is 65.9 Å². The van der Waals surface area contributed by atoms with Gasteiger partial charge in [-0.3, -0.25) is 9.36 Å². The van der Waals surface area contributed by atoms with Gasteiger partial charge in [0.15, 0.2) is 22.5 Å². The van der Waals surface area contributed by atoms with Crippen molar-refractivity contribution in [2.75, 3.05) is 19.5 Å². The van der Waals surface area contributed by atoms with Crippen LogP contribution in [0.1, 0.15) is 38.8 Å². The molecule has 208 valence electrons. The molecule has 1 heterocycles. The first-order valence-electron chi connectivity index (χ1n) is 12.8. The average molecular weight is 560 g/mol. The number of carbonyl (C=O) groups is 1. The van der Waals surface area contributed by atoms with Gasteiger partial charge in [-0.25, -0.2) is 5.43 Å². The highest BCUT2D eigenvalue weighted by atomic mass is 32.2. The van der Waals surface area contributed by atoms with Gasteiger partial charge in [0, 0.05) is 11.3 Å². The third-order valence-corrected chi connectivity index (χ3v) is 6.92. The number of rotatable bonds is 10. The summed E-state index contributed by atoms with van der Waals surface area (Å²) in [6.07, 6.45) is 1.49. The van der Waals surface area contributed by atoms with Crippen LogP contribution in [-0.2, 0) is 10.2 Å². The lowest BCUT2D eigenvalue weighted by Crippen LogP contribution is -2.20. The van der Waals surface area contributed by atoms with Gasteiger partial charge in [0.2, 0.25) is 0 Å². The second-order valence-corrected chi connectivity index (χ2v) is 10.9. The van der Waals surface area contributed by atoms with E-state index in [2.05, 4.69) is 53.6 Å². The molecule has 4 aromatic rings. The lowest BCUT2D eigenvalue weighted by Gasteiger charge is -2.19. The smallest absolute Gasteiger partial charge is 0.250 e. The van der Waals surface area contributed by atoms with Crippen molar-refractivity contribution in [3.05, 3.63) is 77.9 Å². The molecule has 0 unspecified atom stereocenters. The first-order chi connectivity index (χ1) is 19.2. The molecule has 0 aliphatic rings. The number of amides is 1. The van der Waals surface area contributed by atoms with E-state index in [0.29, 0.717) is 28.9 Å². The Kier molecular flexibility index (Phi) is 9.11. The highest BCUT2D eigenvalue weighted by Crippen LogP contribution is 2.31. The number of phenolic OH excluding ortho intramolecular Hbond substituents is 1. The van der Waals surface area contributed by atoms with Crippen LogP contribution < -0.4 is 14.9 Å². The number of ether oxygens (including phenoxy) is 2. The molecule has 9 nitrogen and oxygen atoms in total. The average Bonchev–Trinajstić information content (AvgIpc) is 3.37. The van der Waals surface area contributed by atoms with Crippen molar-refractivity contribution in [3.8, 4) is 34.3 Å². The maximum atomic E-state index is 12.6. The van der Waals surface area contributed by atoms with Crippen LogP contribution in [0.5, 0.6) is 17.2 Å². The SMILES string of the molecule is CCOc1cc(/C=N\NC(=O)CSc2nnc(-c3ccc(C(C)(C)C)cc3)n2-c2ccc(OC)cc2)ccc1O. The van der Waals surface area contributed by atoms with Crippen LogP contribution in [0.2, 0.25) is 0 Å². The van der Waals surface area contributed by atoms with Crippen molar-refractivity contribution in [2.45, 2.75) is 38.3 Å². The summed E-state index contributed by atoms with van der Waals surface area (Å²) < 4.78 is 12.6. The lowest BCUT2D eigenvalue weighted by atomic mass is 9.87. The molecule has 1 aromatic heterocycles. The summed E-state index contributed by atoms with van der Waals surface area (Å²) in [5, 5.41) is 23.3. The highest BCUT2D eigenvalue weighted by molar-refractivity contribution is 7.99. The fourth-order valence-electron chi connectivity index (χ4n) is 3.86. The maximum Gasteiger partial charge on any atom is 0.250 e. The van der Waals surface area contributed by atoms with Crippen molar-refractivity contribution in [3.63, 3.8) is 0 Å². The Labute approximate surface area is 238 Å². The van der Waals surface area contributed by atoms with E-state index in [1.54, 1.807) is 19.2 Å². The van der Waals surface area contributed by atoms with Gasteiger partial charge in [0.05, 0.1) is 25.7 Å². The first-order valence-corrected chi connectivity index (χ1v) is 13.8. The van der Waals surface area contributed by atoms with E-state index in [-0.39, 0.29) is 22.8 Å². The Bertz CT molecular complexity index is 1480. The predicted molar refractivity (Wildman–Crippen MR) is 158 cm³/mol. The van der Waals surface area contributed by atoms with E-state index in [1.807, 2.05) is 47.9 Å². The molecule has 0 radical (unpaired) electrons. The zero-order valence-electron chi connectivity index (χ0n) is 23.2. The van der Waals surface area contributed by atoms with Crippen molar-refractivity contribution in [2.24, 2.45) is 5.10 Å². The molecular weight excluding hydrogens is 526 g/mol. The molecule has 0 aliphatic heterocycles.